The van der Waals surface area contributed by atoms with E-state index in [-0.39, 0.29) is 18.0 Å². The summed E-state index contributed by atoms with van der Waals surface area (Å²) >= 11 is 0. The molecule has 2 nitrogen and oxygen atoms in total. The Morgan fingerprint density at radius 2 is 2.21 bits per heavy atom. The molecule has 0 amide bonds. The number of Topliss-reactive ketones (excluding diaryl/α,β-unsaturated/α-hetero) is 1. The standard InChI is InChI=1S/C11H9FO2/c1-7(13)6-9-8-4-5-14-11(8)3-2-10(9)12/h2-5H,6H2,1H3. The number of hydrogen-bond acceptors (Lipinski definition) is 2. The molecular formula is C11H9FO2. The van der Waals surface area contributed by atoms with E-state index < -0.39 is 0 Å². The van der Waals surface area contributed by atoms with Gasteiger partial charge in [-0.1, -0.05) is 0 Å². The first kappa shape index (κ1) is 8.94. The van der Waals surface area contributed by atoms with E-state index in [0.717, 1.165) is 0 Å². The lowest BCUT2D eigenvalue weighted by Crippen LogP contribution is -1.99. The van der Waals surface area contributed by atoms with Crippen LogP contribution in [0.4, 0.5) is 4.39 Å². The van der Waals surface area contributed by atoms with Crippen molar-refractivity contribution in [3.8, 4) is 0 Å². The van der Waals surface area contributed by atoms with Crippen molar-refractivity contribution < 1.29 is 13.6 Å². The summed E-state index contributed by atoms with van der Waals surface area (Å²) in [7, 11) is 0. The van der Waals surface area contributed by atoms with Crippen LogP contribution in [0.15, 0.2) is 28.9 Å². The average Bonchev–Trinajstić information content (AvgIpc) is 2.57. The molecule has 2 aromatic rings. The highest BCUT2D eigenvalue weighted by molar-refractivity contribution is 5.87. The minimum absolute atomic E-state index is 0.0578. The van der Waals surface area contributed by atoms with Gasteiger partial charge in [0.25, 0.3) is 0 Å². The second kappa shape index (κ2) is 3.25. The van der Waals surface area contributed by atoms with E-state index in [1.54, 1.807) is 12.1 Å². The second-order valence-corrected chi connectivity index (χ2v) is 3.24. The van der Waals surface area contributed by atoms with Crippen LogP contribution in [0.5, 0.6) is 0 Å². The number of furan rings is 1. The van der Waals surface area contributed by atoms with Crippen molar-refractivity contribution in [2.24, 2.45) is 0 Å². The van der Waals surface area contributed by atoms with Gasteiger partial charge in [-0.3, -0.25) is 4.79 Å². The van der Waals surface area contributed by atoms with Crippen molar-refractivity contribution in [3.05, 3.63) is 35.8 Å². The van der Waals surface area contributed by atoms with Crippen LogP contribution in [0.1, 0.15) is 12.5 Å². The quantitative estimate of drug-likeness (QED) is 0.732. The third-order valence-corrected chi connectivity index (χ3v) is 2.12. The highest BCUT2D eigenvalue weighted by Crippen LogP contribution is 2.23. The maximum Gasteiger partial charge on any atom is 0.134 e. The highest BCUT2D eigenvalue weighted by Gasteiger charge is 2.10. The zero-order valence-electron chi connectivity index (χ0n) is 7.71. The van der Waals surface area contributed by atoms with E-state index in [2.05, 4.69) is 0 Å². The Hall–Kier alpha value is -1.64. The molecule has 0 atom stereocenters. The first-order valence-electron chi connectivity index (χ1n) is 4.32. The summed E-state index contributed by atoms with van der Waals surface area (Å²) in [6.07, 6.45) is 1.61. The van der Waals surface area contributed by atoms with Gasteiger partial charge in [-0.05, 0) is 25.1 Å². The van der Waals surface area contributed by atoms with Crippen LogP contribution in [0, 0.1) is 5.82 Å². The van der Waals surface area contributed by atoms with Gasteiger partial charge in [-0.15, -0.1) is 0 Å². The first-order valence-corrected chi connectivity index (χ1v) is 4.32. The Morgan fingerprint density at radius 1 is 1.43 bits per heavy atom. The summed E-state index contributed by atoms with van der Waals surface area (Å²) in [5.74, 6) is -0.410. The second-order valence-electron chi connectivity index (χ2n) is 3.24. The van der Waals surface area contributed by atoms with Gasteiger partial charge in [0.05, 0.1) is 6.26 Å². The van der Waals surface area contributed by atoms with Crippen LogP contribution < -0.4 is 0 Å². The Morgan fingerprint density at radius 3 is 2.93 bits per heavy atom. The third-order valence-electron chi connectivity index (χ3n) is 2.12. The number of ketones is 1. The summed E-state index contributed by atoms with van der Waals surface area (Å²) in [4.78, 5) is 10.9. The first-order chi connectivity index (χ1) is 6.68. The molecule has 0 aliphatic heterocycles. The maximum atomic E-state index is 13.4. The van der Waals surface area contributed by atoms with Crippen molar-refractivity contribution >= 4 is 16.8 Å². The van der Waals surface area contributed by atoms with Crippen molar-refractivity contribution in [2.45, 2.75) is 13.3 Å². The van der Waals surface area contributed by atoms with Crippen LogP contribution in [-0.4, -0.2) is 5.78 Å². The molecule has 0 unspecified atom stereocenters. The van der Waals surface area contributed by atoms with E-state index >= 15 is 0 Å². The van der Waals surface area contributed by atoms with Gasteiger partial charge in [0, 0.05) is 17.4 Å². The Bertz CT molecular complexity index is 485. The van der Waals surface area contributed by atoms with Crippen LogP contribution in [-0.2, 0) is 11.2 Å². The van der Waals surface area contributed by atoms with Gasteiger partial charge in [-0.2, -0.15) is 0 Å². The molecule has 0 aliphatic rings. The predicted molar refractivity (Wildman–Crippen MR) is 50.6 cm³/mol. The van der Waals surface area contributed by atoms with Gasteiger partial charge in [0.1, 0.15) is 17.2 Å². The molecule has 0 radical (unpaired) electrons. The van der Waals surface area contributed by atoms with Gasteiger partial charge in [-0.25, -0.2) is 4.39 Å². The summed E-state index contributed by atoms with van der Waals surface area (Å²) in [5.41, 5.74) is 1.03. The fourth-order valence-electron chi connectivity index (χ4n) is 1.51. The minimum Gasteiger partial charge on any atom is -0.464 e. The fraction of sp³-hybridized carbons (Fsp3) is 0.182. The topological polar surface area (TPSA) is 30.2 Å². The lowest BCUT2D eigenvalue weighted by molar-refractivity contribution is -0.116. The lowest BCUT2D eigenvalue weighted by atomic mass is 10.0. The average molecular weight is 192 g/mol. The molecule has 72 valence electrons. The molecule has 14 heavy (non-hydrogen) atoms. The molecule has 0 spiro atoms. The van der Waals surface area contributed by atoms with Crippen LogP contribution >= 0.6 is 0 Å². The van der Waals surface area contributed by atoms with Gasteiger partial charge in [0.15, 0.2) is 0 Å². The van der Waals surface area contributed by atoms with Crippen LogP contribution in [0.2, 0.25) is 0 Å². The molecule has 2 rings (SSSR count). The van der Waals surface area contributed by atoms with Gasteiger partial charge in [0.2, 0.25) is 0 Å². The van der Waals surface area contributed by atoms with Crippen molar-refractivity contribution in [1.29, 1.82) is 0 Å². The molecule has 1 heterocycles. The van der Waals surface area contributed by atoms with E-state index in [1.165, 1.54) is 19.3 Å². The van der Waals surface area contributed by atoms with E-state index in [0.29, 0.717) is 16.5 Å². The number of benzene rings is 1. The molecule has 0 fully saturated rings. The van der Waals surface area contributed by atoms with Crippen LogP contribution in [0.25, 0.3) is 11.0 Å². The highest BCUT2D eigenvalue weighted by atomic mass is 19.1. The molecule has 1 aromatic heterocycles. The van der Waals surface area contributed by atoms with E-state index in [9.17, 15) is 9.18 Å². The smallest absolute Gasteiger partial charge is 0.134 e. The largest absolute Gasteiger partial charge is 0.464 e. The molecule has 0 N–H and O–H groups in total. The Balaban J connectivity index is 2.64. The number of carbonyl (C=O) groups excluding carboxylic acids is 1. The maximum absolute atomic E-state index is 13.4. The third kappa shape index (κ3) is 1.41. The monoisotopic (exact) mass is 192 g/mol. The summed E-state index contributed by atoms with van der Waals surface area (Å²) in [6, 6.07) is 4.56. The zero-order valence-corrected chi connectivity index (χ0v) is 7.71. The number of fused-ring (bicyclic) bond motifs is 1. The molecule has 1 aromatic carbocycles. The SMILES string of the molecule is CC(=O)Cc1c(F)ccc2occc12. The molecule has 3 heteroatoms. The summed E-state index contributed by atoms with van der Waals surface area (Å²) in [5, 5.41) is 0.681. The molecule has 0 aliphatic carbocycles. The number of hydrogen-bond donors (Lipinski definition) is 0. The molecular weight excluding hydrogens is 183 g/mol. The van der Waals surface area contributed by atoms with Crippen molar-refractivity contribution in [2.75, 3.05) is 0 Å². The van der Waals surface area contributed by atoms with Crippen molar-refractivity contribution in [1.82, 2.24) is 0 Å². The summed E-state index contributed by atoms with van der Waals surface area (Å²) < 4.78 is 18.5. The van der Waals surface area contributed by atoms with Gasteiger partial charge >= 0.3 is 0 Å². The van der Waals surface area contributed by atoms with E-state index in [4.69, 9.17) is 4.42 Å². The summed E-state index contributed by atoms with van der Waals surface area (Å²) in [6.45, 7) is 1.44. The Kier molecular flexibility index (Phi) is 2.08. The molecule has 0 saturated carbocycles. The normalized spacial score (nSPS) is 10.7. The number of rotatable bonds is 2. The minimum atomic E-state index is -0.353. The lowest BCUT2D eigenvalue weighted by Gasteiger charge is -2.01. The Labute approximate surface area is 80.3 Å². The molecule has 0 bridgehead atoms. The number of carbonyl (C=O) groups is 1. The fourth-order valence-corrected chi connectivity index (χ4v) is 1.51. The number of halogens is 1. The van der Waals surface area contributed by atoms with Crippen LogP contribution in [0.3, 0.4) is 0 Å². The van der Waals surface area contributed by atoms with Gasteiger partial charge < -0.3 is 4.42 Å². The zero-order chi connectivity index (χ0) is 10.1. The molecule has 0 saturated heterocycles. The van der Waals surface area contributed by atoms with Crippen molar-refractivity contribution in [3.63, 3.8) is 0 Å². The predicted octanol–water partition coefficient (Wildman–Crippen LogP) is 2.70. The van der Waals surface area contributed by atoms with E-state index in [1.807, 2.05) is 0 Å².